The number of nitrogens with zero attached hydrogens (tertiary/aromatic N) is 2. The topological polar surface area (TPSA) is 66.8 Å². The fraction of sp³-hybridized carbons (Fsp3) is 0.500. The molecule has 2 aliphatic rings. The van der Waals surface area contributed by atoms with Crippen LogP contribution in [0.15, 0.2) is 23.2 Å². The largest absolute Gasteiger partial charge is 0.313 e. The summed E-state index contributed by atoms with van der Waals surface area (Å²) in [5, 5.41) is -0.0244. The number of sulfone groups is 1. The third kappa shape index (κ3) is 3.87. The van der Waals surface area contributed by atoms with Gasteiger partial charge in [-0.1, -0.05) is 25.1 Å². The van der Waals surface area contributed by atoms with Crippen molar-refractivity contribution in [2.24, 2.45) is 4.99 Å². The van der Waals surface area contributed by atoms with Gasteiger partial charge in [-0.2, -0.15) is 4.99 Å². The highest BCUT2D eigenvalue weighted by Crippen LogP contribution is 2.41. The van der Waals surface area contributed by atoms with Gasteiger partial charge < -0.3 is 4.90 Å². The lowest BCUT2D eigenvalue weighted by molar-refractivity contribution is -0.117. The highest BCUT2D eigenvalue weighted by molar-refractivity contribution is 8.16. The minimum atomic E-state index is -3.23. The Balaban J connectivity index is 1.98. The zero-order chi connectivity index (χ0) is 18.2. The molecular weight excluding hydrogens is 370 g/mol. The molecule has 0 bridgehead atoms. The van der Waals surface area contributed by atoms with Crippen molar-refractivity contribution in [3.8, 4) is 0 Å². The molecule has 1 amide bonds. The van der Waals surface area contributed by atoms with Gasteiger partial charge >= 0.3 is 0 Å². The molecule has 0 aromatic heterocycles. The second-order valence-electron chi connectivity index (χ2n) is 6.16. The molecule has 2 fully saturated rings. The van der Waals surface area contributed by atoms with E-state index in [1.54, 1.807) is 0 Å². The number of hydrogen-bond acceptors (Lipinski definition) is 4. The van der Waals surface area contributed by atoms with Crippen molar-refractivity contribution in [1.29, 1.82) is 0 Å². The van der Waals surface area contributed by atoms with E-state index in [0.29, 0.717) is 6.42 Å². The second-order valence-corrected chi connectivity index (χ2v) is 9.52. The first-order valence-corrected chi connectivity index (χ1v) is 10.7. The van der Waals surface area contributed by atoms with E-state index in [0.717, 1.165) is 18.6 Å². The average Bonchev–Trinajstić information content (AvgIpc) is 2.97. The fourth-order valence-electron chi connectivity index (χ4n) is 3.01. The number of fused-ring (bicyclic) bond motifs is 1. The van der Waals surface area contributed by atoms with Crippen LogP contribution in [0.3, 0.4) is 0 Å². The van der Waals surface area contributed by atoms with Crippen molar-refractivity contribution in [3.05, 3.63) is 29.8 Å². The van der Waals surface area contributed by atoms with Crippen LogP contribution in [0.4, 0.5) is 14.5 Å². The number of rotatable bonds is 4. The fourth-order valence-corrected chi connectivity index (χ4v) is 6.94. The molecule has 1 aromatic rings. The van der Waals surface area contributed by atoms with Crippen molar-refractivity contribution < 1.29 is 22.0 Å². The first-order chi connectivity index (χ1) is 11.8. The van der Waals surface area contributed by atoms with Crippen molar-refractivity contribution in [2.75, 3.05) is 16.4 Å². The Morgan fingerprint density at radius 3 is 2.80 bits per heavy atom. The molecule has 5 nitrogen and oxygen atoms in total. The second kappa shape index (κ2) is 7.03. The van der Waals surface area contributed by atoms with Crippen LogP contribution in [0.5, 0.6) is 0 Å². The maximum atomic E-state index is 14.3. The molecule has 25 heavy (non-hydrogen) atoms. The summed E-state index contributed by atoms with van der Waals surface area (Å²) in [6.45, 7) is 1.96. The lowest BCUT2D eigenvalue weighted by atomic mass is 10.2. The molecule has 0 N–H and O–H groups in total. The minimum absolute atomic E-state index is 0.0379. The van der Waals surface area contributed by atoms with E-state index in [1.165, 1.54) is 22.7 Å². The van der Waals surface area contributed by atoms with Crippen molar-refractivity contribution >= 4 is 38.4 Å². The molecule has 0 spiro atoms. The highest BCUT2D eigenvalue weighted by atomic mass is 32.2. The Morgan fingerprint density at radius 1 is 1.36 bits per heavy atom. The van der Waals surface area contributed by atoms with Crippen LogP contribution >= 0.6 is 11.8 Å². The molecule has 1 aromatic carbocycles. The van der Waals surface area contributed by atoms with Crippen LogP contribution in [0.25, 0.3) is 0 Å². The summed E-state index contributed by atoms with van der Waals surface area (Å²) in [5.41, 5.74) is 0.0422. The Morgan fingerprint density at radius 2 is 2.12 bits per heavy atom. The molecule has 2 heterocycles. The summed E-state index contributed by atoms with van der Waals surface area (Å²) in [7, 11) is -3.23. The number of aliphatic imine (C=N–C) groups is 1. The van der Waals surface area contributed by atoms with E-state index in [-0.39, 0.29) is 39.9 Å². The molecule has 2 atom stereocenters. The maximum absolute atomic E-state index is 14.3. The van der Waals surface area contributed by atoms with E-state index in [1.807, 2.05) is 6.92 Å². The summed E-state index contributed by atoms with van der Waals surface area (Å²) in [5.74, 6) is -2.02. The summed E-state index contributed by atoms with van der Waals surface area (Å²) in [6, 6.07) is 2.60. The molecule has 0 aliphatic carbocycles. The molecule has 0 unspecified atom stereocenters. The zero-order valence-electron chi connectivity index (χ0n) is 13.6. The smallest absolute Gasteiger partial charge is 0.248 e. The Kier molecular flexibility index (Phi) is 5.15. The van der Waals surface area contributed by atoms with E-state index >= 15 is 0 Å². The third-order valence-electron chi connectivity index (χ3n) is 4.20. The van der Waals surface area contributed by atoms with Gasteiger partial charge in [0.2, 0.25) is 5.91 Å². The molecule has 0 saturated carbocycles. The van der Waals surface area contributed by atoms with Gasteiger partial charge in [-0.25, -0.2) is 17.2 Å². The standard InChI is InChI=1S/C16H18F2N2O3S2/c1-2-3-4-15(21)19-16-20(12-6-5-10(17)7-11(12)18)13-8-25(22,23)9-14(13)24-16/h5-7,13-14H,2-4,8-9H2,1H3/t13-,14-/m1/s1. The van der Waals surface area contributed by atoms with Gasteiger partial charge in [0.25, 0.3) is 0 Å². The Hall–Kier alpha value is -1.48. The van der Waals surface area contributed by atoms with Gasteiger partial charge in [0, 0.05) is 17.7 Å². The van der Waals surface area contributed by atoms with Crippen LogP contribution in [0.2, 0.25) is 0 Å². The van der Waals surface area contributed by atoms with Gasteiger partial charge in [-0.15, -0.1) is 0 Å². The summed E-state index contributed by atoms with van der Waals surface area (Å²) in [6.07, 6.45) is 1.84. The maximum Gasteiger partial charge on any atom is 0.248 e. The zero-order valence-corrected chi connectivity index (χ0v) is 15.2. The predicted octanol–water partition coefficient (Wildman–Crippen LogP) is 2.76. The van der Waals surface area contributed by atoms with Crippen LogP contribution in [0.1, 0.15) is 26.2 Å². The number of amides is 1. The Labute approximate surface area is 149 Å². The molecule has 136 valence electrons. The molecular formula is C16H18F2N2O3S2. The normalized spacial score (nSPS) is 26.2. The number of carbonyl (C=O) groups excluding carboxylic acids is 1. The number of benzene rings is 1. The predicted molar refractivity (Wildman–Crippen MR) is 94.6 cm³/mol. The summed E-state index contributed by atoms with van der Waals surface area (Å²) >= 11 is 1.18. The van der Waals surface area contributed by atoms with Crippen molar-refractivity contribution in [1.82, 2.24) is 0 Å². The Bertz CT molecular complexity index is 827. The lowest BCUT2D eigenvalue weighted by Gasteiger charge is -2.24. The van der Waals surface area contributed by atoms with E-state index in [4.69, 9.17) is 0 Å². The van der Waals surface area contributed by atoms with E-state index < -0.39 is 27.5 Å². The summed E-state index contributed by atoms with van der Waals surface area (Å²) in [4.78, 5) is 17.5. The summed E-state index contributed by atoms with van der Waals surface area (Å²) < 4.78 is 51.4. The molecule has 2 saturated heterocycles. The van der Waals surface area contributed by atoms with Crippen LogP contribution in [0, 0.1) is 11.6 Å². The average molecular weight is 388 g/mol. The van der Waals surface area contributed by atoms with Crippen LogP contribution in [-0.4, -0.2) is 42.3 Å². The van der Waals surface area contributed by atoms with Crippen molar-refractivity contribution in [3.63, 3.8) is 0 Å². The third-order valence-corrected chi connectivity index (χ3v) is 7.41. The number of amidine groups is 1. The van der Waals surface area contributed by atoms with Gasteiger partial charge in [-0.3, -0.25) is 4.79 Å². The highest BCUT2D eigenvalue weighted by Gasteiger charge is 2.49. The van der Waals surface area contributed by atoms with Gasteiger partial charge in [0.15, 0.2) is 15.0 Å². The number of halogens is 2. The monoisotopic (exact) mass is 388 g/mol. The number of hydrogen-bond donors (Lipinski definition) is 0. The molecule has 0 radical (unpaired) electrons. The van der Waals surface area contributed by atoms with E-state index in [9.17, 15) is 22.0 Å². The molecule has 2 aliphatic heterocycles. The van der Waals surface area contributed by atoms with Gasteiger partial charge in [0.05, 0.1) is 23.2 Å². The van der Waals surface area contributed by atoms with E-state index in [2.05, 4.69) is 4.99 Å². The molecule has 9 heteroatoms. The van der Waals surface area contributed by atoms with Crippen LogP contribution in [-0.2, 0) is 14.6 Å². The quantitative estimate of drug-likeness (QED) is 0.794. The van der Waals surface area contributed by atoms with Gasteiger partial charge in [-0.05, 0) is 18.6 Å². The minimum Gasteiger partial charge on any atom is -0.313 e. The number of unbranched alkanes of at least 4 members (excludes halogenated alkanes) is 1. The lowest BCUT2D eigenvalue weighted by Crippen LogP contribution is -2.38. The SMILES string of the molecule is CCCCC(=O)N=C1S[C@@H]2CS(=O)(=O)C[C@H]2N1c1ccc(F)cc1F. The molecule has 3 rings (SSSR count). The van der Waals surface area contributed by atoms with Crippen LogP contribution < -0.4 is 4.90 Å². The van der Waals surface area contributed by atoms with Gasteiger partial charge in [0.1, 0.15) is 11.6 Å². The first-order valence-electron chi connectivity index (χ1n) is 8.03. The first kappa shape index (κ1) is 18.3. The number of carbonyl (C=O) groups is 1. The van der Waals surface area contributed by atoms with Crippen molar-refractivity contribution in [2.45, 2.75) is 37.5 Å². The number of anilines is 1. The number of thioether (sulfide) groups is 1.